The first-order valence-electron chi connectivity index (χ1n) is 8.81. The third kappa shape index (κ3) is 2.07. The standard InChI is InChI=1S/C23H19N2O/c1-14-8-10-18-21-17-7-5-4-6-16(17)9-11-19(21)26-22(18)20(14)23-24-15(2)12-13-25(23)3/h4-13H,1-3H3/q+1. The number of hydrogen-bond donors (Lipinski definition) is 0. The summed E-state index contributed by atoms with van der Waals surface area (Å²) in [6.45, 7) is 4.13. The van der Waals surface area contributed by atoms with Gasteiger partial charge in [-0.1, -0.05) is 42.5 Å². The Morgan fingerprint density at radius 1 is 0.885 bits per heavy atom. The van der Waals surface area contributed by atoms with Crippen LogP contribution < -0.4 is 4.57 Å². The first-order chi connectivity index (χ1) is 12.6. The molecule has 3 heteroatoms. The Balaban J connectivity index is 1.98. The molecule has 2 aromatic heterocycles. The third-order valence-electron chi connectivity index (χ3n) is 5.12. The number of hydrogen-bond acceptors (Lipinski definition) is 2. The van der Waals surface area contributed by atoms with Gasteiger partial charge in [0.15, 0.2) is 11.3 Å². The Kier molecular flexibility index (Phi) is 3.13. The molecule has 5 rings (SSSR count). The molecule has 0 N–H and O–H groups in total. The SMILES string of the molecule is Cc1cc[n+](C)c(-c2c(C)ccc3c2oc2ccc4ccccc4c23)n1. The molecule has 0 atom stereocenters. The molecule has 0 fully saturated rings. The van der Waals surface area contributed by atoms with Gasteiger partial charge in [0.2, 0.25) is 0 Å². The summed E-state index contributed by atoms with van der Waals surface area (Å²) in [5.74, 6) is 0.927. The molecule has 0 saturated carbocycles. The van der Waals surface area contributed by atoms with E-state index in [4.69, 9.17) is 9.40 Å². The summed E-state index contributed by atoms with van der Waals surface area (Å²) in [5, 5.41) is 4.76. The highest BCUT2D eigenvalue weighted by molar-refractivity contribution is 6.20. The third-order valence-corrected chi connectivity index (χ3v) is 5.12. The maximum atomic E-state index is 6.37. The smallest absolute Gasteiger partial charge is 0.334 e. The molecular weight excluding hydrogens is 320 g/mol. The van der Waals surface area contributed by atoms with E-state index in [0.717, 1.165) is 39.2 Å². The molecular formula is C23H19N2O+. The van der Waals surface area contributed by atoms with Crippen molar-refractivity contribution in [3.63, 3.8) is 0 Å². The van der Waals surface area contributed by atoms with Gasteiger partial charge in [-0.2, -0.15) is 0 Å². The monoisotopic (exact) mass is 339 g/mol. The van der Waals surface area contributed by atoms with Crippen LogP contribution in [0.15, 0.2) is 65.2 Å². The Labute approximate surface area is 151 Å². The molecule has 3 aromatic carbocycles. The molecule has 0 aliphatic rings. The van der Waals surface area contributed by atoms with Crippen LogP contribution in [0.2, 0.25) is 0 Å². The van der Waals surface area contributed by atoms with Crippen LogP contribution in [-0.2, 0) is 7.05 Å². The van der Waals surface area contributed by atoms with Gasteiger partial charge in [-0.25, -0.2) is 4.57 Å². The van der Waals surface area contributed by atoms with Crippen LogP contribution in [-0.4, -0.2) is 4.98 Å². The zero-order valence-corrected chi connectivity index (χ0v) is 15.1. The van der Waals surface area contributed by atoms with Gasteiger partial charge in [-0.15, -0.1) is 0 Å². The van der Waals surface area contributed by atoms with Crippen LogP contribution in [0.4, 0.5) is 0 Å². The number of rotatable bonds is 1. The highest BCUT2D eigenvalue weighted by Crippen LogP contribution is 2.39. The second-order valence-corrected chi connectivity index (χ2v) is 6.90. The summed E-state index contributed by atoms with van der Waals surface area (Å²) in [7, 11) is 2.03. The average molecular weight is 339 g/mol. The maximum absolute atomic E-state index is 6.37. The van der Waals surface area contributed by atoms with Crippen LogP contribution in [0.3, 0.4) is 0 Å². The zero-order chi connectivity index (χ0) is 17.8. The Morgan fingerprint density at radius 3 is 2.62 bits per heavy atom. The normalized spacial score (nSPS) is 11.7. The maximum Gasteiger partial charge on any atom is 0.334 e. The van der Waals surface area contributed by atoms with E-state index in [-0.39, 0.29) is 0 Å². The van der Waals surface area contributed by atoms with Gasteiger partial charge in [0.25, 0.3) is 0 Å². The molecule has 0 spiro atoms. The largest absolute Gasteiger partial charge is 0.455 e. The van der Waals surface area contributed by atoms with Gasteiger partial charge < -0.3 is 4.42 Å². The topological polar surface area (TPSA) is 29.9 Å². The van der Waals surface area contributed by atoms with Crippen molar-refractivity contribution >= 4 is 32.7 Å². The summed E-state index contributed by atoms with van der Waals surface area (Å²) in [4.78, 5) is 4.79. The van der Waals surface area contributed by atoms with Crippen LogP contribution in [0.5, 0.6) is 0 Å². The van der Waals surface area contributed by atoms with Gasteiger partial charge in [0.1, 0.15) is 11.1 Å². The van der Waals surface area contributed by atoms with E-state index < -0.39 is 0 Å². The molecule has 0 radical (unpaired) electrons. The molecule has 5 aromatic rings. The average Bonchev–Trinajstić information content (AvgIpc) is 3.03. The molecule has 0 amide bonds. The molecule has 26 heavy (non-hydrogen) atoms. The van der Waals surface area contributed by atoms with Crippen molar-refractivity contribution in [1.82, 2.24) is 4.98 Å². The highest BCUT2D eigenvalue weighted by atomic mass is 16.3. The Bertz CT molecular complexity index is 1310. The van der Waals surface area contributed by atoms with Crippen molar-refractivity contribution in [3.8, 4) is 11.4 Å². The van der Waals surface area contributed by atoms with Gasteiger partial charge in [-0.05, 0) is 34.3 Å². The fraction of sp³-hybridized carbons (Fsp3) is 0.130. The number of fused-ring (bicyclic) bond motifs is 5. The highest BCUT2D eigenvalue weighted by Gasteiger charge is 2.23. The van der Waals surface area contributed by atoms with E-state index in [1.807, 2.05) is 26.2 Å². The predicted octanol–water partition coefficient (Wildman–Crippen LogP) is 5.24. The van der Waals surface area contributed by atoms with Gasteiger partial charge in [0.05, 0.1) is 13.2 Å². The number of nitrogens with zero attached hydrogens (tertiary/aromatic N) is 2. The molecule has 0 unspecified atom stereocenters. The van der Waals surface area contributed by atoms with Crippen LogP contribution in [0.25, 0.3) is 44.1 Å². The lowest BCUT2D eigenvalue weighted by atomic mass is 10.00. The second kappa shape index (κ2) is 5.40. The first kappa shape index (κ1) is 15.1. The lowest BCUT2D eigenvalue weighted by Gasteiger charge is -2.04. The predicted molar refractivity (Wildman–Crippen MR) is 105 cm³/mol. The quantitative estimate of drug-likeness (QED) is 0.391. The Hall–Kier alpha value is -3.20. The van der Waals surface area contributed by atoms with Crippen molar-refractivity contribution in [3.05, 3.63) is 72.1 Å². The fourth-order valence-electron chi connectivity index (χ4n) is 3.79. The minimum absolute atomic E-state index is 0.907. The number of benzene rings is 3. The van der Waals surface area contributed by atoms with Crippen molar-refractivity contribution < 1.29 is 8.98 Å². The minimum Gasteiger partial charge on any atom is -0.455 e. The van der Waals surface area contributed by atoms with E-state index in [0.29, 0.717) is 0 Å². The molecule has 0 saturated heterocycles. The lowest BCUT2D eigenvalue weighted by Crippen LogP contribution is -2.32. The van der Waals surface area contributed by atoms with Gasteiger partial charge in [-0.3, -0.25) is 0 Å². The molecule has 0 aliphatic heterocycles. The molecule has 0 bridgehead atoms. The van der Waals surface area contributed by atoms with Gasteiger partial charge >= 0.3 is 5.82 Å². The summed E-state index contributed by atoms with van der Waals surface area (Å²) >= 11 is 0. The van der Waals surface area contributed by atoms with Crippen molar-refractivity contribution in [1.29, 1.82) is 0 Å². The fourth-order valence-corrected chi connectivity index (χ4v) is 3.79. The van der Waals surface area contributed by atoms with E-state index >= 15 is 0 Å². The van der Waals surface area contributed by atoms with E-state index in [2.05, 4.69) is 60.0 Å². The molecule has 0 aliphatic carbocycles. The van der Waals surface area contributed by atoms with Crippen LogP contribution in [0.1, 0.15) is 11.3 Å². The van der Waals surface area contributed by atoms with E-state index in [1.54, 1.807) is 0 Å². The van der Waals surface area contributed by atoms with Crippen molar-refractivity contribution in [2.24, 2.45) is 7.05 Å². The Morgan fingerprint density at radius 2 is 1.73 bits per heavy atom. The number of aromatic nitrogens is 2. The zero-order valence-electron chi connectivity index (χ0n) is 15.1. The number of aryl methyl sites for hydroxylation is 3. The second-order valence-electron chi connectivity index (χ2n) is 6.90. The summed E-state index contributed by atoms with van der Waals surface area (Å²) < 4.78 is 8.42. The van der Waals surface area contributed by atoms with Crippen molar-refractivity contribution in [2.45, 2.75) is 13.8 Å². The molecule has 126 valence electrons. The first-order valence-corrected chi connectivity index (χ1v) is 8.81. The summed E-state index contributed by atoms with van der Waals surface area (Å²) in [6, 6.07) is 19.0. The van der Waals surface area contributed by atoms with Crippen LogP contribution >= 0.6 is 0 Å². The lowest BCUT2D eigenvalue weighted by molar-refractivity contribution is -0.663. The van der Waals surface area contributed by atoms with Crippen LogP contribution in [0, 0.1) is 13.8 Å². The summed E-state index contributed by atoms with van der Waals surface area (Å²) in [5.41, 5.74) is 5.05. The molecule has 2 heterocycles. The van der Waals surface area contributed by atoms with Crippen molar-refractivity contribution in [2.75, 3.05) is 0 Å². The molecule has 3 nitrogen and oxygen atoms in total. The van der Waals surface area contributed by atoms with Gasteiger partial charge in [0, 0.05) is 23.8 Å². The number of furan rings is 1. The minimum atomic E-state index is 0.907. The summed E-state index contributed by atoms with van der Waals surface area (Å²) in [6.07, 6.45) is 2.05. The van der Waals surface area contributed by atoms with E-state index in [1.165, 1.54) is 16.2 Å². The van der Waals surface area contributed by atoms with E-state index in [9.17, 15) is 0 Å².